The number of hydrogen-bond donors (Lipinski definition) is 2. The highest BCUT2D eigenvalue weighted by molar-refractivity contribution is 4.50. The van der Waals surface area contributed by atoms with E-state index in [2.05, 4.69) is 21.0 Å². The largest absolute Gasteiger partial charge is 0.391 e. The lowest BCUT2D eigenvalue weighted by atomic mass is 10.0. The molecule has 0 aromatic rings. The number of rotatable bonds is 19. The van der Waals surface area contributed by atoms with Crippen LogP contribution in [0.15, 0.2) is 5.34 Å². The monoisotopic (exact) mass is 389 g/mol. The van der Waals surface area contributed by atoms with Crippen molar-refractivity contribution in [3.05, 3.63) is 4.91 Å². The van der Waals surface area contributed by atoms with Crippen LogP contribution in [0.5, 0.6) is 0 Å². The van der Waals surface area contributed by atoms with Gasteiger partial charge in [-0.05, 0) is 12.8 Å². The molecule has 0 heterocycles. The average Bonchev–Trinajstić information content (AvgIpc) is 2.62. The Balaban J connectivity index is 0. The van der Waals surface area contributed by atoms with Gasteiger partial charge in [0.15, 0.2) is 5.34 Å². The SMILES string of the molecule is CCCCCCCCCCCCCCCCCC[N+](C)(C)CCO.O=NO. The summed E-state index contributed by atoms with van der Waals surface area (Å²) in [6.07, 6.45) is 22.9. The Kier molecular flexibility index (Phi) is 24.7. The summed E-state index contributed by atoms with van der Waals surface area (Å²) in [5.74, 6) is 0. The second kappa shape index (κ2) is 23.4. The van der Waals surface area contributed by atoms with Crippen LogP contribution in [0.4, 0.5) is 0 Å². The van der Waals surface area contributed by atoms with Crippen LogP contribution in [0.25, 0.3) is 0 Å². The number of unbranched alkanes of at least 4 members (excludes halogenated alkanes) is 15. The van der Waals surface area contributed by atoms with E-state index in [-0.39, 0.29) is 0 Å². The van der Waals surface area contributed by atoms with Gasteiger partial charge in [-0.15, -0.1) is 4.91 Å². The summed E-state index contributed by atoms with van der Waals surface area (Å²) in [7, 11) is 4.45. The smallest absolute Gasteiger partial charge is 0.152 e. The summed E-state index contributed by atoms with van der Waals surface area (Å²) >= 11 is 0. The molecule has 164 valence electrons. The van der Waals surface area contributed by atoms with Crippen molar-refractivity contribution < 1.29 is 14.8 Å². The van der Waals surface area contributed by atoms with Crippen LogP contribution < -0.4 is 0 Å². The molecule has 0 atom stereocenters. The first-order chi connectivity index (χ1) is 13.0. The van der Waals surface area contributed by atoms with Crippen LogP contribution in [0.2, 0.25) is 0 Å². The predicted molar refractivity (Wildman–Crippen MR) is 116 cm³/mol. The number of likely N-dealkylation sites (N-methyl/N-ethyl adjacent to an activating group) is 1. The number of nitrogens with zero attached hydrogens (tertiary/aromatic N) is 2. The highest BCUT2D eigenvalue weighted by atomic mass is 16.6. The topological polar surface area (TPSA) is 69.9 Å². The molecule has 0 saturated heterocycles. The minimum Gasteiger partial charge on any atom is -0.391 e. The summed E-state index contributed by atoms with van der Waals surface area (Å²) in [6.45, 7) is 4.70. The minimum atomic E-state index is 0.311. The lowest BCUT2D eigenvalue weighted by molar-refractivity contribution is -0.890. The fraction of sp³-hybridized carbons (Fsp3) is 1.00. The molecule has 27 heavy (non-hydrogen) atoms. The summed E-state index contributed by atoms with van der Waals surface area (Å²) in [5.41, 5.74) is 0. The number of aliphatic hydroxyl groups is 1. The molecule has 0 spiro atoms. The quantitative estimate of drug-likeness (QED) is 0.115. The van der Waals surface area contributed by atoms with Crippen LogP contribution in [0, 0.1) is 4.91 Å². The summed E-state index contributed by atoms with van der Waals surface area (Å²) in [4.78, 5) is 8.11. The first kappa shape index (κ1) is 28.5. The normalized spacial score (nSPS) is 11.1. The van der Waals surface area contributed by atoms with Crippen LogP contribution in [0.3, 0.4) is 0 Å². The van der Waals surface area contributed by atoms with E-state index in [1.54, 1.807) is 0 Å². The second-order valence-corrected chi connectivity index (χ2v) is 8.49. The fourth-order valence-electron chi connectivity index (χ4n) is 3.47. The predicted octanol–water partition coefficient (Wildman–Crippen LogP) is 6.46. The minimum absolute atomic E-state index is 0.311. The molecule has 0 unspecified atom stereocenters. The number of aliphatic hydroxyl groups excluding tert-OH is 1. The first-order valence-corrected chi connectivity index (χ1v) is 11.4. The number of quaternary nitrogens is 1. The van der Waals surface area contributed by atoms with Gasteiger partial charge in [0.1, 0.15) is 6.54 Å². The first-order valence-electron chi connectivity index (χ1n) is 11.4. The van der Waals surface area contributed by atoms with Crippen LogP contribution in [-0.2, 0) is 0 Å². The highest BCUT2D eigenvalue weighted by Gasteiger charge is 2.12. The molecule has 0 rings (SSSR count). The molecule has 0 radical (unpaired) electrons. The van der Waals surface area contributed by atoms with E-state index >= 15 is 0 Å². The Morgan fingerprint density at radius 1 is 0.630 bits per heavy atom. The van der Waals surface area contributed by atoms with E-state index < -0.39 is 0 Å². The summed E-state index contributed by atoms with van der Waals surface area (Å²) in [6, 6.07) is 0. The molecule has 0 aromatic carbocycles. The summed E-state index contributed by atoms with van der Waals surface area (Å²) < 4.78 is 0.967. The van der Waals surface area contributed by atoms with Gasteiger partial charge in [0.05, 0.1) is 27.2 Å². The van der Waals surface area contributed by atoms with Crippen molar-refractivity contribution in [1.29, 1.82) is 0 Å². The molecule has 5 nitrogen and oxygen atoms in total. The second-order valence-electron chi connectivity index (χ2n) is 8.49. The zero-order valence-electron chi connectivity index (χ0n) is 18.6. The van der Waals surface area contributed by atoms with Gasteiger partial charge < -0.3 is 14.8 Å². The van der Waals surface area contributed by atoms with Crippen molar-refractivity contribution in [1.82, 2.24) is 0 Å². The third-order valence-corrected chi connectivity index (χ3v) is 5.32. The van der Waals surface area contributed by atoms with E-state index in [4.69, 9.17) is 15.2 Å². The van der Waals surface area contributed by atoms with E-state index in [1.807, 2.05) is 0 Å². The Labute approximate surface area is 169 Å². The zero-order chi connectivity index (χ0) is 20.6. The van der Waals surface area contributed by atoms with Gasteiger partial charge >= 0.3 is 0 Å². The molecule has 0 amide bonds. The van der Waals surface area contributed by atoms with Gasteiger partial charge in [-0.3, -0.25) is 0 Å². The highest BCUT2D eigenvalue weighted by Crippen LogP contribution is 2.14. The van der Waals surface area contributed by atoms with Crippen molar-refractivity contribution in [2.45, 2.75) is 110 Å². The van der Waals surface area contributed by atoms with Gasteiger partial charge in [0.25, 0.3) is 0 Å². The maximum Gasteiger partial charge on any atom is 0.152 e. The van der Waals surface area contributed by atoms with Crippen molar-refractivity contribution in [2.24, 2.45) is 5.34 Å². The van der Waals surface area contributed by atoms with Crippen LogP contribution >= 0.6 is 0 Å². The molecular formula is C22H49N2O3+. The lowest BCUT2D eigenvalue weighted by Gasteiger charge is -2.28. The van der Waals surface area contributed by atoms with Gasteiger partial charge in [0.2, 0.25) is 0 Å². The maximum atomic E-state index is 9.02. The molecule has 0 aliphatic rings. The van der Waals surface area contributed by atoms with Crippen LogP contribution in [-0.4, -0.2) is 48.6 Å². The van der Waals surface area contributed by atoms with Gasteiger partial charge in [-0.2, -0.15) is 0 Å². The fourth-order valence-corrected chi connectivity index (χ4v) is 3.47. The maximum absolute atomic E-state index is 9.02. The van der Waals surface area contributed by atoms with Crippen molar-refractivity contribution in [2.75, 3.05) is 33.8 Å². The molecule has 2 N–H and O–H groups in total. The molecule has 0 bridgehead atoms. The summed E-state index contributed by atoms with van der Waals surface area (Å²) in [5, 5.41) is 16.9. The molecule has 0 aliphatic heterocycles. The third-order valence-electron chi connectivity index (χ3n) is 5.32. The molecule has 0 fully saturated rings. The van der Waals surface area contributed by atoms with Gasteiger partial charge in [0, 0.05) is 0 Å². The zero-order valence-corrected chi connectivity index (χ0v) is 18.6. The number of hydrogen-bond acceptors (Lipinski definition) is 3. The standard InChI is InChI=1S/C22H48NO.HNO2/c1-4-5-6-7-8-9-10-11-12-13-14-15-16-17-18-19-20-23(2,3)21-22-24;2-1-3/h24H,4-22H2,1-3H3;(H,2,3)/q+1;. The van der Waals surface area contributed by atoms with Crippen molar-refractivity contribution >= 4 is 0 Å². The molecule has 5 heteroatoms. The lowest BCUT2D eigenvalue weighted by Crippen LogP contribution is -2.42. The van der Waals surface area contributed by atoms with Crippen LogP contribution in [0.1, 0.15) is 110 Å². The van der Waals surface area contributed by atoms with Crippen molar-refractivity contribution in [3.8, 4) is 0 Å². The van der Waals surface area contributed by atoms with Gasteiger partial charge in [-0.25, -0.2) is 0 Å². The molecular weight excluding hydrogens is 340 g/mol. The van der Waals surface area contributed by atoms with E-state index in [1.165, 1.54) is 115 Å². The molecule has 0 aromatic heterocycles. The Morgan fingerprint density at radius 2 is 0.926 bits per heavy atom. The Bertz CT molecular complexity index is 287. The van der Waals surface area contributed by atoms with E-state index in [0.717, 1.165) is 11.0 Å². The molecule has 0 aliphatic carbocycles. The average molecular weight is 390 g/mol. The van der Waals surface area contributed by atoms with E-state index in [0.29, 0.717) is 6.61 Å². The molecule has 0 saturated carbocycles. The Hall–Kier alpha value is -0.680. The van der Waals surface area contributed by atoms with Crippen molar-refractivity contribution in [3.63, 3.8) is 0 Å². The Morgan fingerprint density at radius 3 is 1.22 bits per heavy atom. The van der Waals surface area contributed by atoms with Gasteiger partial charge in [-0.1, -0.05) is 96.8 Å². The van der Waals surface area contributed by atoms with E-state index in [9.17, 15) is 0 Å². The third kappa shape index (κ3) is 27.6.